The van der Waals surface area contributed by atoms with Crippen molar-refractivity contribution >= 4 is 11.9 Å². The molecule has 27 heavy (non-hydrogen) atoms. The first kappa shape index (κ1) is 17.1. The van der Waals surface area contributed by atoms with E-state index in [1.165, 1.54) is 0 Å². The zero-order valence-electron chi connectivity index (χ0n) is 14.8. The van der Waals surface area contributed by atoms with Gasteiger partial charge in [-0.25, -0.2) is 9.97 Å². The van der Waals surface area contributed by atoms with Crippen LogP contribution in [0.2, 0.25) is 0 Å². The summed E-state index contributed by atoms with van der Waals surface area (Å²) in [5.41, 5.74) is 0.879. The molecule has 8 nitrogen and oxygen atoms in total. The Kier molecular flexibility index (Phi) is 5.04. The maximum Gasteiger partial charge on any atom is 0.246 e. The second kappa shape index (κ2) is 7.94. The van der Waals surface area contributed by atoms with Gasteiger partial charge in [0.25, 0.3) is 0 Å². The van der Waals surface area contributed by atoms with Crippen LogP contribution in [0.25, 0.3) is 11.4 Å². The molecule has 1 aliphatic rings. The van der Waals surface area contributed by atoms with Gasteiger partial charge in [0.2, 0.25) is 23.6 Å². The minimum absolute atomic E-state index is 0.0184. The summed E-state index contributed by atoms with van der Waals surface area (Å²) in [6, 6.07) is 11.4. The van der Waals surface area contributed by atoms with E-state index in [2.05, 4.69) is 25.4 Å². The van der Waals surface area contributed by atoms with Gasteiger partial charge in [-0.2, -0.15) is 4.98 Å². The number of carbonyl (C=O) groups is 1. The average molecular weight is 364 g/mol. The Morgan fingerprint density at radius 1 is 1.19 bits per heavy atom. The first-order valence-corrected chi connectivity index (χ1v) is 8.97. The largest absolute Gasteiger partial charge is 0.347 e. The standard InChI is InChI=1S/C19H20N6O2/c26-18(15-8-4-11-25(13-15)19-20-9-5-10-21-19)22-12-16-23-17(24-27-16)14-6-2-1-3-7-14/h1-3,5-7,9-10,15H,4,8,11-13H2,(H,22,26)/t15-/m1/s1. The van der Waals surface area contributed by atoms with E-state index in [9.17, 15) is 4.79 Å². The molecule has 0 saturated carbocycles. The molecule has 8 heteroatoms. The monoisotopic (exact) mass is 364 g/mol. The SMILES string of the molecule is O=C(NCc1nc(-c2ccccc2)no1)[C@@H]1CCCN(c2ncccn2)C1. The molecule has 4 rings (SSSR count). The van der Waals surface area contributed by atoms with E-state index in [0.717, 1.165) is 24.9 Å². The third kappa shape index (κ3) is 4.11. The maximum atomic E-state index is 12.6. The van der Waals surface area contributed by atoms with Crippen LogP contribution < -0.4 is 10.2 Å². The molecule has 1 aromatic carbocycles. The summed E-state index contributed by atoms with van der Waals surface area (Å²) < 4.78 is 5.24. The molecule has 1 saturated heterocycles. The zero-order valence-corrected chi connectivity index (χ0v) is 14.8. The summed E-state index contributed by atoms with van der Waals surface area (Å²) in [6.07, 6.45) is 5.20. The summed E-state index contributed by atoms with van der Waals surface area (Å²) >= 11 is 0. The number of anilines is 1. The van der Waals surface area contributed by atoms with Crippen LogP contribution in [0.15, 0.2) is 53.3 Å². The summed E-state index contributed by atoms with van der Waals surface area (Å²) in [7, 11) is 0. The van der Waals surface area contributed by atoms with Gasteiger partial charge < -0.3 is 14.7 Å². The van der Waals surface area contributed by atoms with E-state index in [1.807, 2.05) is 35.2 Å². The zero-order chi connectivity index (χ0) is 18.5. The predicted octanol–water partition coefficient (Wildman–Crippen LogP) is 2.06. The van der Waals surface area contributed by atoms with Crippen molar-refractivity contribution in [3.05, 3.63) is 54.7 Å². The van der Waals surface area contributed by atoms with Crippen molar-refractivity contribution in [2.24, 2.45) is 5.92 Å². The van der Waals surface area contributed by atoms with Gasteiger partial charge in [-0.3, -0.25) is 4.79 Å². The van der Waals surface area contributed by atoms with Gasteiger partial charge in [0, 0.05) is 31.0 Å². The van der Waals surface area contributed by atoms with Crippen molar-refractivity contribution in [1.29, 1.82) is 0 Å². The second-order valence-electron chi connectivity index (χ2n) is 6.43. The molecule has 3 heterocycles. The molecule has 1 atom stereocenters. The van der Waals surface area contributed by atoms with E-state index >= 15 is 0 Å². The first-order valence-electron chi connectivity index (χ1n) is 8.97. The Labute approximate surface area is 156 Å². The quantitative estimate of drug-likeness (QED) is 0.740. The Balaban J connectivity index is 1.33. The van der Waals surface area contributed by atoms with Crippen molar-refractivity contribution in [1.82, 2.24) is 25.4 Å². The highest BCUT2D eigenvalue weighted by molar-refractivity contribution is 5.79. The summed E-state index contributed by atoms with van der Waals surface area (Å²) in [5.74, 6) is 1.44. The highest BCUT2D eigenvalue weighted by Crippen LogP contribution is 2.20. The van der Waals surface area contributed by atoms with Crippen molar-refractivity contribution in [2.45, 2.75) is 19.4 Å². The molecule has 1 N–H and O–H groups in total. The van der Waals surface area contributed by atoms with Crippen molar-refractivity contribution < 1.29 is 9.32 Å². The van der Waals surface area contributed by atoms with Gasteiger partial charge in [0.1, 0.15) is 0 Å². The fourth-order valence-electron chi connectivity index (χ4n) is 3.17. The van der Waals surface area contributed by atoms with E-state index in [1.54, 1.807) is 18.5 Å². The highest BCUT2D eigenvalue weighted by Gasteiger charge is 2.27. The molecule has 1 aliphatic heterocycles. The lowest BCUT2D eigenvalue weighted by Gasteiger charge is -2.31. The summed E-state index contributed by atoms with van der Waals surface area (Å²) in [6.45, 7) is 1.68. The van der Waals surface area contributed by atoms with Crippen molar-refractivity contribution in [3.8, 4) is 11.4 Å². The number of benzene rings is 1. The second-order valence-corrected chi connectivity index (χ2v) is 6.43. The van der Waals surface area contributed by atoms with E-state index in [4.69, 9.17) is 4.52 Å². The summed E-state index contributed by atoms with van der Waals surface area (Å²) in [4.78, 5) is 27.5. The molecule has 3 aromatic rings. The number of amides is 1. The van der Waals surface area contributed by atoms with Crippen molar-refractivity contribution in [2.75, 3.05) is 18.0 Å². The minimum atomic E-state index is -0.112. The Morgan fingerprint density at radius 3 is 2.81 bits per heavy atom. The normalized spacial score (nSPS) is 16.9. The van der Waals surface area contributed by atoms with Gasteiger partial charge in [-0.05, 0) is 18.9 Å². The smallest absolute Gasteiger partial charge is 0.246 e. The van der Waals surface area contributed by atoms with Crippen LogP contribution in [0, 0.1) is 5.92 Å². The van der Waals surface area contributed by atoms with Crippen LogP contribution in [0.1, 0.15) is 18.7 Å². The lowest BCUT2D eigenvalue weighted by atomic mass is 9.97. The molecular formula is C19H20N6O2. The van der Waals surface area contributed by atoms with Gasteiger partial charge in [-0.1, -0.05) is 35.5 Å². The Hall–Kier alpha value is -3.29. The lowest BCUT2D eigenvalue weighted by Crippen LogP contribution is -2.43. The predicted molar refractivity (Wildman–Crippen MR) is 98.5 cm³/mol. The van der Waals surface area contributed by atoms with Crippen LogP contribution >= 0.6 is 0 Å². The Morgan fingerprint density at radius 2 is 2.00 bits per heavy atom. The maximum absolute atomic E-state index is 12.6. The van der Waals surface area contributed by atoms with E-state index < -0.39 is 0 Å². The van der Waals surface area contributed by atoms with Gasteiger partial charge >= 0.3 is 0 Å². The highest BCUT2D eigenvalue weighted by atomic mass is 16.5. The number of rotatable bonds is 5. The molecule has 0 bridgehead atoms. The number of aromatic nitrogens is 4. The third-order valence-corrected chi connectivity index (χ3v) is 4.54. The van der Waals surface area contributed by atoms with E-state index in [0.29, 0.717) is 24.2 Å². The molecule has 1 amide bonds. The topological polar surface area (TPSA) is 97.0 Å². The number of piperidine rings is 1. The Bertz CT molecular complexity index is 883. The lowest BCUT2D eigenvalue weighted by molar-refractivity contribution is -0.125. The third-order valence-electron chi connectivity index (χ3n) is 4.54. The average Bonchev–Trinajstić information content (AvgIpc) is 3.22. The van der Waals surface area contributed by atoms with Crippen molar-refractivity contribution in [3.63, 3.8) is 0 Å². The molecular weight excluding hydrogens is 344 g/mol. The van der Waals surface area contributed by atoms with Crippen LogP contribution in [0.5, 0.6) is 0 Å². The minimum Gasteiger partial charge on any atom is -0.347 e. The molecule has 0 radical (unpaired) electrons. The molecule has 0 aliphatic carbocycles. The molecule has 1 fully saturated rings. The van der Waals surface area contributed by atoms with Crippen LogP contribution in [0.4, 0.5) is 5.95 Å². The van der Waals surface area contributed by atoms with Crippen LogP contribution in [0.3, 0.4) is 0 Å². The molecule has 0 spiro atoms. The number of hydrogen-bond acceptors (Lipinski definition) is 7. The van der Waals surface area contributed by atoms with Gasteiger partial charge in [-0.15, -0.1) is 0 Å². The van der Waals surface area contributed by atoms with E-state index in [-0.39, 0.29) is 18.4 Å². The van der Waals surface area contributed by atoms with Crippen LogP contribution in [-0.4, -0.2) is 39.1 Å². The fourth-order valence-corrected chi connectivity index (χ4v) is 3.17. The number of carbonyl (C=O) groups excluding carboxylic acids is 1. The molecule has 0 unspecified atom stereocenters. The molecule has 138 valence electrons. The molecule has 2 aromatic heterocycles. The first-order chi connectivity index (χ1) is 13.3. The number of hydrogen-bond donors (Lipinski definition) is 1. The van der Waals surface area contributed by atoms with Gasteiger partial charge in [0.05, 0.1) is 12.5 Å². The summed E-state index contributed by atoms with van der Waals surface area (Å²) in [5, 5.41) is 6.87. The van der Waals surface area contributed by atoms with Crippen LogP contribution in [-0.2, 0) is 11.3 Å². The number of nitrogens with zero attached hydrogens (tertiary/aromatic N) is 5. The number of nitrogens with one attached hydrogen (secondary N) is 1. The van der Waals surface area contributed by atoms with Gasteiger partial charge in [0.15, 0.2) is 0 Å². The fraction of sp³-hybridized carbons (Fsp3) is 0.316.